The number of hydrogen-bond donors (Lipinski definition) is 0. The predicted molar refractivity (Wildman–Crippen MR) is 158 cm³/mol. The number of unbranched alkanes of at least 4 members (excludes halogenated alkanes) is 3. The van der Waals surface area contributed by atoms with E-state index >= 15 is 22.0 Å². The van der Waals surface area contributed by atoms with Crippen LogP contribution in [0.25, 0.3) is 32.3 Å². The molecule has 0 aliphatic rings. The van der Waals surface area contributed by atoms with Gasteiger partial charge in [-0.1, -0.05) is 58.6 Å². The van der Waals surface area contributed by atoms with E-state index < -0.39 is 115 Å². The van der Waals surface area contributed by atoms with Crippen molar-refractivity contribution in [1.82, 2.24) is 0 Å². The van der Waals surface area contributed by atoms with Gasteiger partial charge in [0.15, 0.2) is 46.5 Å². The molecule has 0 radical (unpaired) electrons. The molecule has 0 aromatic heterocycles. The lowest BCUT2D eigenvalue weighted by Crippen LogP contribution is -2.29. The second-order valence-electron chi connectivity index (χ2n) is 12.1. The van der Waals surface area contributed by atoms with Gasteiger partial charge in [-0.3, -0.25) is 0 Å². The van der Waals surface area contributed by atoms with Gasteiger partial charge in [-0.2, -0.15) is 0 Å². The summed E-state index contributed by atoms with van der Waals surface area (Å²) < 4.78 is 181. The molecule has 47 heavy (non-hydrogen) atoms. The Morgan fingerprint density at radius 2 is 1.00 bits per heavy atom. The summed E-state index contributed by atoms with van der Waals surface area (Å²) in [4.78, 5) is 0. The molecule has 250 valence electrons. The maximum atomic E-state index is 16.6. The topological polar surface area (TPSA) is 0 Å². The van der Waals surface area contributed by atoms with E-state index in [1.807, 2.05) is 6.92 Å². The van der Waals surface area contributed by atoms with Gasteiger partial charge in [-0.25, -0.2) is 52.7 Å². The Kier molecular flexibility index (Phi) is 9.49. The Morgan fingerprint density at radius 3 is 1.55 bits per heavy atom. The van der Waals surface area contributed by atoms with E-state index in [-0.39, 0.29) is 16.9 Å². The van der Waals surface area contributed by atoms with Crippen LogP contribution in [0.5, 0.6) is 0 Å². The van der Waals surface area contributed by atoms with Crippen LogP contribution in [0.3, 0.4) is 0 Å². The van der Waals surface area contributed by atoms with Crippen molar-refractivity contribution in [3.63, 3.8) is 0 Å². The zero-order chi connectivity index (χ0) is 34.7. The van der Waals surface area contributed by atoms with E-state index in [0.717, 1.165) is 31.4 Å². The van der Waals surface area contributed by atoms with Crippen LogP contribution in [-0.2, 0) is 0 Å². The molecule has 0 spiro atoms. The summed E-state index contributed by atoms with van der Waals surface area (Å²) in [6.07, 6.45) is 3.40. The summed E-state index contributed by atoms with van der Waals surface area (Å²) in [7, 11) is -2.66. The van der Waals surface area contributed by atoms with Crippen LogP contribution in [-0.4, -0.2) is 6.16 Å². The summed E-state index contributed by atoms with van der Waals surface area (Å²) in [5, 5.41) is -9.94. The molecule has 0 aliphatic heterocycles. The molecular formula is C34H25F12P. The predicted octanol–water partition coefficient (Wildman–Crippen LogP) is 11.2. The van der Waals surface area contributed by atoms with Gasteiger partial charge < -0.3 is 0 Å². The molecule has 5 aromatic rings. The first-order chi connectivity index (χ1) is 22.1. The minimum atomic E-state index is -2.66. The average Bonchev–Trinajstić information content (AvgIpc) is 3.02. The molecule has 0 nitrogen and oxygen atoms in total. The van der Waals surface area contributed by atoms with Gasteiger partial charge in [0.2, 0.25) is 0 Å². The Labute approximate surface area is 262 Å². The first kappa shape index (κ1) is 34.8. The lowest BCUT2D eigenvalue weighted by atomic mass is 9.89. The quantitative estimate of drug-likeness (QED) is 0.0360. The maximum Gasteiger partial charge on any atom is 0.198 e. The van der Waals surface area contributed by atoms with Gasteiger partial charge in [0.25, 0.3) is 0 Å². The smallest absolute Gasteiger partial charge is 0.198 e. The van der Waals surface area contributed by atoms with E-state index in [1.165, 1.54) is 0 Å². The largest absolute Gasteiger partial charge is 0.206 e. The highest BCUT2D eigenvalue weighted by atomic mass is 31.1. The minimum absolute atomic E-state index is 0.180. The second-order valence-corrected chi connectivity index (χ2v) is 14.2. The van der Waals surface area contributed by atoms with Gasteiger partial charge in [-0.05, 0) is 48.7 Å². The Balaban J connectivity index is 1.89. The third-order valence-electron chi connectivity index (χ3n) is 8.29. The SMILES string of the molecule is CCCCCCC(C)(C)CP(c1c(F)c(F)c2c(F)c3c(F)c(F)c(F)c(F)c3c(F)c2c1F)c1ccc(F)c2c(F)c(F)ccc12. The molecule has 0 heterocycles. The molecule has 0 saturated carbocycles. The zero-order valence-corrected chi connectivity index (χ0v) is 25.9. The van der Waals surface area contributed by atoms with Gasteiger partial charge in [0.05, 0.1) is 32.2 Å². The summed E-state index contributed by atoms with van der Waals surface area (Å²) in [5.41, 5.74) is -0.827. The van der Waals surface area contributed by atoms with Crippen molar-refractivity contribution in [2.45, 2.75) is 52.9 Å². The number of halogens is 12. The van der Waals surface area contributed by atoms with Crippen LogP contribution < -0.4 is 10.6 Å². The molecule has 0 N–H and O–H groups in total. The Bertz CT molecular complexity index is 2070. The summed E-state index contributed by atoms with van der Waals surface area (Å²) in [6, 6.07) is 3.33. The molecule has 13 heteroatoms. The van der Waals surface area contributed by atoms with Crippen molar-refractivity contribution in [3.05, 3.63) is 94.1 Å². The van der Waals surface area contributed by atoms with Crippen LogP contribution >= 0.6 is 7.92 Å². The molecule has 0 amide bonds. The van der Waals surface area contributed by atoms with Crippen molar-refractivity contribution in [2.75, 3.05) is 6.16 Å². The highest BCUT2D eigenvalue weighted by molar-refractivity contribution is 7.73. The molecule has 0 saturated heterocycles. The maximum absolute atomic E-state index is 16.6. The highest BCUT2D eigenvalue weighted by Crippen LogP contribution is 2.48. The first-order valence-corrected chi connectivity index (χ1v) is 16.0. The highest BCUT2D eigenvalue weighted by Gasteiger charge is 2.37. The lowest BCUT2D eigenvalue weighted by molar-refractivity contribution is 0.364. The minimum Gasteiger partial charge on any atom is -0.206 e. The van der Waals surface area contributed by atoms with E-state index in [2.05, 4.69) is 0 Å². The fraction of sp³-hybridized carbons (Fsp3) is 0.294. The fourth-order valence-corrected chi connectivity index (χ4v) is 8.97. The summed E-state index contributed by atoms with van der Waals surface area (Å²) in [5.74, 6) is -25.2. The van der Waals surface area contributed by atoms with Crippen molar-refractivity contribution in [3.8, 4) is 0 Å². The van der Waals surface area contributed by atoms with E-state index in [9.17, 15) is 30.7 Å². The van der Waals surface area contributed by atoms with E-state index in [0.29, 0.717) is 25.0 Å². The van der Waals surface area contributed by atoms with Crippen molar-refractivity contribution in [2.24, 2.45) is 5.41 Å². The Hall–Kier alpha value is -3.53. The number of hydrogen-bond acceptors (Lipinski definition) is 0. The zero-order valence-electron chi connectivity index (χ0n) is 25.0. The van der Waals surface area contributed by atoms with Crippen LogP contribution in [0.1, 0.15) is 52.9 Å². The standard InChI is InChI=1S/C34H25F12P/c1-4-5-6-7-12-34(2,3)13-47(17-11-10-15(35)18-14(17)8-9-16(36)23(18)37)33-29(43)22-21(28(42)32(33)46)24(38)19-20(25(22)39)27(41)31(45)30(44)26(19)40/h8-11H,4-7,12-13H2,1-3H3. The molecule has 1 atom stereocenters. The van der Waals surface area contributed by atoms with Gasteiger partial charge in [0, 0.05) is 0 Å². The average molecular weight is 693 g/mol. The first-order valence-electron chi connectivity index (χ1n) is 14.5. The number of fused-ring (bicyclic) bond motifs is 3. The fourth-order valence-electron chi connectivity index (χ4n) is 5.97. The van der Waals surface area contributed by atoms with Crippen LogP contribution in [0, 0.1) is 75.2 Å². The van der Waals surface area contributed by atoms with Crippen molar-refractivity contribution in [1.29, 1.82) is 0 Å². The lowest BCUT2D eigenvalue weighted by Gasteiger charge is -2.32. The summed E-state index contributed by atoms with van der Waals surface area (Å²) in [6.45, 7) is 5.38. The van der Waals surface area contributed by atoms with Crippen molar-refractivity contribution >= 4 is 50.8 Å². The molecule has 0 aliphatic carbocycles. The molecular weight excluding hydrogens is 667 g/mol. The van der Waals surface area contributed by atoms with Gasteiger partial charge in [0.1, 0.15) is 23.3 Å². The third-order valence-corrected chi connectivity index (χ3v) is 11.4. The molecule has 0 bridgehead atoms. The number of benzene rings is 5. The Morgan fingerprint density at radius 1 is 0.489 bits per heavy atom. The van der Waals surface area contributed by atoms with Crippen LogP contribution in [0.15, 0.2) is 24.3 Å². The van der Waals surface area contributed by atoms with E-state index in [1.54, 1.807) is 13.8 Å². The molecule has 5 rings (SSSR count). The number of rotatable bonds is 9. The molecule has 1 unspecified atom stereocenters. The molecule has 5 aromatic carbocycles. The van der Waals surface area contributed by atoms with Crippen LogP contribution in [0.2, 0.25) is 0 Å². The second kappa shape index (κ2) is 12.8. The monoisotopic (exact) mass is 692 g/mol. The van der Waals surface area contributed by atoms with Crippen molar-refractivity contribution < 1.29 is 52.7 Å². The third kappa shape index (κ3) is 5.70. The molecule has 0 fully saturated rings. The van der Waals surface area contributed by atoms with Gasteiger partial charge in [-0.15, -0.1) is 0 Å². The van der Waals surface area contributed by atoms with Gasteiger partial charge >= 0.3 is 0 Å². The van der Waals surface area contributed by atoms with Crippen LogP contribution in [0.4, 0.5) is 52.7 Å². The van der Waals surface area contributed by atoms with E-state index in [4.69, 9.17) is 0 Å². The summed E-state index contributed by atoms with van der Waals surface area (Å²) >= 11 is 0. The normalized spacial score (nSPS) is 13.0.